The highest BCUT2D eigenvalue weighted by molar-refractivity contribution is 7.25. The summed E-state index contributed by atoms with van der Waals surface area (Å²) in [6.45, 7) is 0. The standard InChI is InChI=1S/C18H11S/c1-2-6-13(7-3-1)14-10-11-18-16(12-14)15-8-4-5-9-17(15)19-18/h1-7,9-12H. The van der Waals surface area contributed by atoms with E-state index in [-0.39, 0.29) is 0 Å². The van der Waals surface area contributed by atoms with Crippen LogP contribution in [-0.2, 0) is 0 Å². The molecule has 0 aliphatic rings. The molecule has 0 amide bonds. The van der Waals surface area contributed by atoms with Crippen LogP contribution < -0.4 is 0 Å². The third kappa shape index (κ3) is 1.74. The molecule has 89 valence electrons. The van der Waals surface area contributed by atoms with Crippen molar-refractivity contribution in [3.05, 3.63) is 72.8 Å². The maximum absolute atomic E-state index is 3.36. The number of hydrogen-bond acceptors (Lipinski definition) is 1. The van der Waals surface area contributed by atoms with Crippen LogP contribution in [0.4, 0.5) is 0 Å². The molecular weight excluding hydrogens is 248 g/mol. The maximum Gasteiger partial charge on any atom is 0.0361 e. The summed E-state index contributed by atoms with van der Waals surface area (Å²) < 4.78 is 2.64. The molecule has 3 aromatic carbocycles. The van der Waals surface area contributed by atoms with Crippen LogP contribution in [0.5, 0.6) is 0 Å². The minimum absolute atomic E-state index is 1.24. The topological polar surface area (TPSA) is 0 Å². The van der Waals surface area contributed by atoms with E-state index in [1.807, 2.05) is 17.4 Å². The Morgan fingerprint density at radius 1 is 0.737 bits per heavy atom. The summed E-state index contributed by atoms with van der Waals surface area (Å²) in [6.07, 6.45) is 0. The summed E-state index contributed by atoms with van der Waals surface area (Å²) in [4.78, 5) is 0. The third-order valence-electron chi connectivity index (χ3n) is 3.39. The molecule has 0 unspecified atom stereocenters. The van der Waals surface area contributed by atoms with Crippen LogP contribution in [0.3, 0.4) is 0 Å². The van der Waals surface area contributed by atoms with Crippen LogP contribution in [0.25, 0.3) is 31.3 Å². The second-order valence-electron chi connectivity index (χ2n) is 4.59. The van der Waals surface area contributed by atoms with Crippen LogP contribution in [0.1, 0.15) is 0 Å². The fourth-order valence-corrected chi connectivity index (χ4v) is 3.52. The summed E-state index contributed by atoms with van der Waals surface area (Å²) in [7, 11) is 0. The number of thiophene rings is 1. The van der Waals surface area contributed by atoms with E-state index in [0.717, 1.165) is 0 Å². The molecule has 0 N–H and O–H groups in total. The summed E-state index contributed by atoms with van der Waals surface area (Å²) in [5.74, 6) is 0. The lowest BCUT2D eigenvalue weighted by atomic mass is 10.0. The van der Waals surface area contributed by atoms with Gasteiger partial charge in [0.15, 0.2) is 0 Å². The number of hydrogen-bond donors (Lipinski definition) is 0. The van der Waals surface area contributed by atoms with Gasteiger partial charge in [0.2, 0.25) is 0 Å². The summed E-state index contributed by atoms with van der Waals surface area (Å²) >= 11 is 1.83. The minimum Gasteiger partial charge on any atom is -0.135 e. The molecule has 0 saturated carbocycles. The Morgan fingerprint density at radius 2 is 1.63 bits per heavy atom. The van der Waals surface area contributed by atoms with Crippen LogP contribution in [0.15, 0.2) is 66.7 Å². The predicted molar refractivity (Wildman–Crippen MR) is 83.6 cm³/mol. The second-order valence-corrected chi connectivity index (χ2v) is 5.67. The normalized spacial score (nSPS) is 11.2. The maximum atomic E-state index is 3.36. The molecule has 1 aromatic heterocycles. The van der Waals surface area contributed by atoms with E-state index in [1.54, 1.807) is 0 Å². The van der Waals surface area contributed by atoms with Gasteiger partial charge in [-0.05, 0) is 35.4 Å². The third-order valence-corrected chi connectivity index (χ3v) is 4.53. The van der Waals surface area contributed by atoms with Crippen molar-refractivity contribution in [2.24, 2.45) is 0 Å². The smallest absolute Gasteiger partial charge is 0.0361 e. The summed E-state index contributed by atoms with van der Waals surface area (Å²) in [6, 6.07) is 26.8. The van der Waals surface area contributed by atoms with Crippen molar-refractivity contribution in [1.29, 1.82) is 0 Å². The molecule has 1 heteroatoms. The molecule has 0 spiro atoms. The van der Waals surface area contributed by atoms with E-state index in [4.69, 9.17) is 0 Å². The van der Waals surface area contributed by atoms with E-state index in [0.29, 0.717) is 0 Å². The molecule has 4 aromatic rings. The Morgan fingerprint density at radius 3 is 2.53 bits per heavy atom. The van der Waals surface area contributed by atoms with E-state index in [2.05, 4.69) is 66.7 Å². The van der Waals surface area contributed by atoms with Crippen LogP contribution in [0.2, 0.25) is 0 Å². The Hall–Kier alpha value is -2.12. The largest absolute Gasteiger partial charge is 0.135 e. The van der Waals surface area contributed by atoms with Crippen LogP contribution in [-0.4, -0.2) is 0 Å². The molecule has 1 radical (unpaired) electrons. The molecular formula is C18H11S. The lowest BCUT2D eigenvalue weighted by Gasteiger charge is -2.01. The Labute approximate surface area is 115 Å². The molecule has 0 bridgehead atoms. The van der Waals surface area contributed by atoms with Gasteiger partial charge >= 0.3 is 0 Å². The summed E-state index contributed by atoms with van der Waals surface area (Å²) in [5.41, 5.74) is 2.53. The van der Waals surface area contributed by atoms with Gasteiger partial charge in [0, 0.05) is 20.2 Å². The number of fused-ring (bicyclic) bond motifs is 3. The minimum atomic E-state index is 1.24. The van der Waals surface area contributed by atoms with E-state index in [9.17, 15) is 0 Å². The van der Waals surface area contributed by atoms with Gasteiger partial charge in [0.05, 0.1) is 0 Å². The van der Waals surface area contributed by atoms with E-state index >= 15 is 0 Å². The van der Waals surface area contributed by atoms with Gasteiger partial charge < -0.3 is 0 Å². The van der Waals surface area contributed by atoms with Gasteiger partial charge in [0.25, 0.3) is 0 Å². The Kier molecular flexibility index (Phi) is 2.39. The first kappa shape index (κ1) is 10.8. The Bertz CT molecular complexity index is 857. The lowest BCUT2D eigenvalue weighted by molar-refractivity contribution is 1.66. The molecule has 0 nitrogen and oxygen atoms in total. The van der Waals surface area contributed by atoms with Gasteiger partial charge in [-0.15, -0.1) is 11.3 Å². The molecule has 1 heterocycles. The molecule has 0 saturated heterocycles. The fourth-order valence-electron chi connectivity index (χ4n) is 2.46. The van der Waals surface area contributed by atoms with E-state index < -0.39 is 0 Å². The number of benzene rings is 3. The zero-order valence-electron chi connectivity index (χ0n) is 10.3. The van der Waals surface area contributed by atoms with Crippen molar-refractivity contribution in [3.63, 3.8) is 0 Å². The van der Waals surface area contributed by atoms with Gasteiger partial charge in [-0.25, -0.2) is 0 Å². The zero-order valence-corrected chi connectivity index (χ0v) is 11.1. The van der Waals surface area contributed by atoms with Crippen LogP contribution >= 0.6 is 11.3 Å². The highest BCUT2D eigenvalue weighted by Crippen LogP contribution is 2.35. The second kappa shape index (κ2) is 4.22. The molecule has 0 aliphatic heterocycles. The predicted octanol–water partition coefficient (Wildman–Crippen LogP) is 5.52. The molecule has 0 aliphatic carbocycles. The quantitative estimate of drug-likeness (QED) is 0.422. The average molecular weight is 259 g/mol. The SMILES string of the molecule is [c]1cccc2sc3ccc(-c4ccccc4)cc3c12. The highest BCUT2D eigenvalue weighted by Gasteiger charge is 2.06. The van der Waals surface area contributed by atoms with Gasteiger partial charge in [0.1, 0.15) is 0 Å². The van der Waals surface area contributed by atoms with Crippen molar-refractivity contribution in [2.45, 2.75) is 0 Å². The lowest BCUT2D eigenvalue weighted by Crippen LogP contribution is -1.76. The van der Waals surface area contributed by atoms with Crippen molar-refractivity contribution < 1.29 is 0 Å². The zero-order chi connectivity index (χ0) is 12.7. The van der Waals surface area contributed by atoms with E-state index in [1.165, 1.54) is 31.3 Å². The van der Waals surface area contributed by atoms with Gasteiger partial charge in [-0.2, -0.15) is 0 Å². The fraction of sp³-hybridized carbons (Fsp3) is 0. The van der Waals surface area contributed by atoms with Crippen molar-refractivity contribution in [1.82, 2.24) is 0 Å². The first-order valence-corrected chi connectivity index (χ1v) is 7.12. The van der Waals surface area contributed by atoms with Crippen molar-refractivity contribution in [2.75, 3.05) is 0 Å². The van der Waals surface area contributed by atoms with Gasteiger partial charge in [-0.1, -0.05) is 48.5 Å². The molecule has 0 atom stereocenters. The molecule has 19 heavy (non-hydrogen) atoms. The number of rotatable bonds is 1. The van der Waals surface area contributed by atoms with Crippen LogP contribution in [0, 0.1) is 6.07 Å². The highest BCUT2D eigenvalue weighted by atomic mass is 32.1. The van der Waals surface area contributed by atoms with Gasteiger partial charge in [-0.3, -0.25) is 0 Å². The monoisotopic (exact) mass is 259 g/mol. The first-order chi connectivity index (χ1) is 9.42. The molecule has 0 fully saturated rings. The molecule has 4 rings (SSSR count). The first-order valence-electron chi connectivity index (χ1n) is 6.30. The average Bonchev–Trinajstić information content (AvgIpc) is 2.86. The van der Waals surface area contributed by atoms with Crippen molar-refractivity contribution >= 4 is 31.5 Å². The Balaban J connectivity index is 2.03. The summed E-state index contributed by atoms with van der Waals surface area (Å²) in [5, 5.41) is 2.54. The van der Waals surface area contributed by atoms with Crippen molar-refractivity contribution in [3.8, 4) is 11.1 Å².